The largest absolute Gasteiger partial charge is 0.336 e. The van der Waals surface area contributed by atoms with Crippen molar-refractivity contribution in [2.75, 3.05) is 13.1 Å². The molecule has 1 aromatic rings. The van der Waals surface area contributed by atoms with Crippen LogP contribution >= 0.6 is 0 Å². The van der Waals surface area contributed by atoms with E-state index in [1.165, 1.54) is 5.56 Å². The van der Waals surface area contributed by atoms with Crippen molar-refractivity contribution >= 4 is 5.91 Å². The Bertz CT molecular complexity index is 377. The van der Waals surface area contributed by atoms with Gasteiger partial charge in [-0.3, -0.25) is 4.79 Å². The summed E-state index contributed by atoms with van der Waals surface area (Å²) >= 11 is 0. The summed E-state index contributed by atoms with van der Waals surface area (Å²) in [6.45, 7) is 3.41. The summed E-state index contributed by atoms with van der Waals surface area (Å²) in [5.41, 5.74) is 6.84. The number of benzene rings is 1. The zero-order chi connectivity index (χ0) is 12.3. The van der Waals surface area contributed by atoms with E-state index in [2.05, 4.69) is 19.1 Å². The molecule has 0 aliphatic carbocycles. The summed E-state index contributed by atoms with van der Waals surface area (Å²) in [7, 11) is 0. The number of carbonyl (C=O) groups is 1. The van der Waals surface area contributed by atoms with Crippen molar-refractivity contribution in [2.45, 2.75) is 25.8 Å². The van der Waals surface area contributed by atoms with Gasteiger partial charge >= 0.3 is 0 Å². The summed E-state index contributed by atoms with van der Waals surface area (Å²) in [5.74, 6) is 0.241. The van der Waals surface area contributed by atoms with Gasteiger partial charge in [0.2, 0.25) is 5.91 Å². The summed E-state index contributed by atoms with van der Waals surface area (Å²) in [6, 6.07) is 10.3. The molecule has 2 atom stereocenters. The van der Waals surface area contributed by atoms with Crippen LogP contribution in [0.25, 0.3) is 0 Å². The van der Waals surface area contributed by atoms with E-state index in [0.717, 1.165) is 19.4 Å². The molecule has 0 radical (unpaired) electrons. The Morgan fingerprint density at radius 3 is 2.76 bits per heavy atom. The van der Waals surface area contributed by atoms with Crippen molar-refractivity contribution in [2.24, 2.45) is 11.7 Å². The van der Waals surface area contributed by atoms with E-state index in [9.17, 15) is 4.79 Å². The Hall–Kier alpha value is -1.35. The molecule has 1 aliphatic heterocycles. The van der Waals surface area contributed by atoms with Gasteiger partial charge < -0.3 is 10.6 Å². The number of nitrogens with zero attached hydrogens (tertiary/aromatic N) is 1. The fourth-order valence-electron chi connectivity index (χ4n) is 2.49. The lowest BCUT2D eigenvalue weighted by Gasteiger charge is -2.36. The highest BCUT2D eigenvalue weighted by molar-refractivity contribution is 5.80. The molecule has 1 unspecified atom stereocenters. The quantitative estimate of drug-likeness (QED) is 0.865. The van der Waals surface area contributed by atoms with E-state index in [-0.39, 0.29) is 17.9 Å². The van der Waals surface area contributed by atoms with E-state index < -0.39 is 0 Å². The molecule has 1 aromatic carbocycles. The van der Waals surface area contributed by atoms with Crippen LogP contribution in [0.4, 0.5) is 0 Å². The second-order valence-corrected chi connectivity index (χ2v) is 4.69. The van der Waals surface area contributed by atoms with Gasteiger partial charge in [-0.2, -0.15) is 0 Å². The second-order valence-electron chi connectivity index (χ2n) is 4.69. The fourth-order valence-corrected chi connectivity index (χ4v) is 2.49. The lowest BCUT2D eigenvalue weighted by Crippen LogP contribution is -2.44. The van der Waals surface area contributed by atoms with Crippen molar-refractivity contribution in [3.8, 4) is 0 Å². The molecular weight excluding hydrogens is 212 g/mol. The number of piperidine rings is 1. The van der Waals surface area contributed by atoms with Gasteiger partial charge in [0, 0.05) is 13.1 Å². The number of hydrogen-bond donors (Lipinski definition) is 1. The van der Waals surface area contributed by atoms with Crippen LogP contribution in [0.5, 0.6) is 0 Å². The van der Waals surface area contributed by atoms with Crippen molar-refractivity contribution in [3.05, 3.63) is 35.9 Å². The molecule has 2 N–H and O–H groups in total. The Morgan fingerprint density at radius 1 is 1.41 bits per heavy atom. The first kappa shape index (κ1) is 12.1. The maximum Gasteiger partial charge on any atom is 0.227 e. The molecule has 2 rings (SSSR count). The highest BCUT2D eigenvalue weighted by Gasteiger charge is 2.30. The first-order valence-corrected chi connectivity index (χ1v) is 6.29. The molecule has 92 valence electrons. The SMILES string of the molecule is CC(c1ccccc1)N1CCC[C@H](CN)C1=O. The van der Waals surface area contributed by atoms with Crippen molar-refractivity contribution in [1.82, 2.24) is 4.90 Å². The van der Waals surface area contributed by atoms with Crippen LogP contribution < -0.4 is 5.73 Å². The number of hydrogen-bond acceptors (Lipinski definition) is 2. The van der Waals surface area contributed by atoms with Gasteiger partial charge in [-0.05, 0) is 25.3 Å². The van der Waals surface area contributed by atoms with Crippen LogP contribution in [0.15, 0.2) is 30.3 Å². The molecule has 0 spiro atoms. The normalized spacial score (nSPS) is 22.6. The molecule has 0 aromatic heterocycles. The van der Waals surface area contributed by atoms with Gasteiger partial charge in [0.15, 0.2) is 0 Å². The first-order valence-electron chi connectivity index (χ1n) is 6.29. The molecule has 1 saturated heterocycles. The predicted octanol–water partition coefficient (Wildman–Crippen LogP) is 1.94. The number of amides is 1. The minimum Gasteiger partial charge on any atom is -0.336 e. The molecule has 0 saturated carbocycles. The van der Waals surface area contributed by atoms with E-state index in [4.69, 9.17) is 5.73 Å². The van der Waals surface area contributed by atoms with Gasteiger partial charge in [0.25, 0.3) is 0 Å². The number of likely N-dealkylation sites (tertiary alicyclic amines) is 1. The summed E-state index contributed by atoms with van der Waals surface area (Å²) < 4.78 is 0. The molecule has 1 fully saturated rings. The monoisotopic (exact) mass is 232 g/mol. The highest BCUT2D eigenvalue weighted by atomic mass is 16.2. The van der Waals surface area contributed by atoms with Gasteiger partial charge in [0.05, 0.1) is 12.0 Å². The van der Waals surface area contributed by atoms with Crippen molar-refractivity contribution in [1.29, 1.82) is 0 Å². The average Bonchev–Trinajstić information content (AvgIpc) is 2.39. The minimum atomic E-state index is 0.0231. The van der Waals surface area contributed by atoms with Crippen molar-refractivity contribution in [3.63, 3.8) is 0 Å². The molecular formula is C14H20N2O. The molecule has 1 aliphatic rings. The lowest BCUT2D eigenvalue weighted by atomic mass is 9.94. The predicted molar refractivity (Wildman–Crippen MR) is 68.3 cm³/mol. The maximum absolute atomic E-state index is 12.2. The number of nitrogens with two attached hydrogens (primary N) is 1. The molecule has 17 heavy (non-hydrogen) atoms. The third-order valence-electron chi connectivity index (χ3n) is 3.62. The molecule has 3 nitrogen and oxygen atoms in total. The standard InChI is InChI=1S/C14H20N2O/c1-11(12-6-3-2-4-7-12)16-9-5-8-13(10-15)14(16)17/h2-4,6-7,11,13H,5,8-10,15H2,1H3/t11?,13-/m1/s1. The smallest absolute Gasteiger partial charge is 0.227 e. The van der Waals surface area contributed by atoms with E-state index in [1.54, 1.807) is 0 Å². The zero-order valence-electron chi connectivity index (χ0n) is 10.3. The maximum atomic E-state index is 12.2. The average molecular weight is 232 g/mol. The van der Waals surface area contributed by atoms with E-state index in [1.807, 2.05) is 23.1 Å². The Morgan fingerprint density at radius 2 is 2.12 bits per heavy atom. The zero-order valence-corrected chi connectivity index (χ0v) is 10.3. The number of carbonyl (C=O) groups excluding carboxylic acids is 1. The van der Waals surface area contributed by atoms with Crippen molar-refractivity contribution < 1.29 is 4.79 Å². The van der Waals surface area contributed by atoms with Crippen LogP contribution in [0.1, 0.15) is 31.4 Å². The van der Waals surface area contributed by atoms with E-state index in [0.29, 0.717) is 6.54 Å². The molecule has 0 bridgehead atoms. The molecule has 1 heterocycles. The topological polar surface area (TPSA) is 46.3 Å². The van der Waals surface area contributed by atoms with Crippen LogP contribution in [-0.2, 0) is 4.79 Å². The highest BCUT2D eigenvalue weighted by Crippen LogP contribution is 2.27. The fraction of sp³-hybridized carbons (Fsp3) is 0.500. The Kier molecular flexibility index (Phi) is 3.79. The van der Waals surface area contributed by atoms with Crippen LogP contribution in [0.3, 0.4) is 0 Å². The van der Waals surface area contributed by atoms with Crippen LogP contribution in [0.2, 0.25) is 0 Å². The minimum absolute atomic E-state index is 0.0231. The second kappa shape index (κ2) is 5.32. The first-order chi connectivity index (χ1) is 8.24. The Balaban J connectivity index is 2.14. The van der Waals surface area contributed by atoms with Crippen LogP contribution in [-0.4, -0.2) is 23.9 Å². The molecule has 3 heteroatoms. The van der Waals surface area contributed by atoms with Gasteiger partial charge in [-0.15, -0.1) is 0 Å². The third-order valence-corrected chi connectivity index (χ3v) is 3.62. The summed E-state index contributed by atoms with van der Waals surface area (Å²) in [5, 5.41) is 0. The van der Waals surface area contributed by atoms with Crippen LogP contribution in [0, 0.1) is 5.92 Å². The summed E-state index contributed by atoms with van der Waals surface area (Å²) in [6.07, 6.45) is 2.00. The van der Waals surface area contributed by atoms with E-state index >= 15 is 0 Å². The molecule has 1 amide bonds. The van der Waals surface area contributed by atoms with Gasteiger partial charge in [-0.1, -0.05) is 30.3 Å². The summed E-state index contributed by atoms with van der Waals surface area (Å²) in [4.78, 5) is 14.2. The lowest BCUT2D eigenvalue weighted by molar-refractivity contribution is -0.140. The van der Waals surface area contributed by atoms with Gasteiger partial charge in [-0.25, -0.2) is 0 Å². The Labute approximate surface area is 103 Å². The third kappa shape index (κ3) is 2.50. The number of rotatable bonds is 3. The van der Waals surface area contributed by atoms with Gasteiger partial charge in [0.1, 0.15) is 0 Å².